The van der Waals surface area contributed by atoms with Crippen LogP contribution in [0.2, 0.25) is 0 Å². The van der Waals surface area contributed by atoms with Crippen LogP contribution in [0, 0.1) is 17.2 Å². The Morgan fingerprint density at radius 2 is 2.20 bits per heavy atom. The van der Waals surface area contributed by atoms with Gasteiger partial charge in [-0.3, -0.25) is 4.79 Å². The summed E-state index contributed by atoms with van der Waals surface area (Å²) in [5, 5.41) is 9.36. The summed E-state index contributed by atoms with van der Waals surface area (Å²) in [5.74, 6) is 0.182. The number of carbonyl (C=O) groups excluding carboxylic acids is 1. The number of nitriles is 1. The molecule has 0 aliphatic carbocycles. The number of nitrogens with zero attached hydrogens (tertiary/aromatic N) is 1. The quantitative estimate of drug-likeness (QED) is 0.842. The Bertz CT molecular complexity index is 578. The molecule has 2 aliphatic rings. The third kappa shape index (κ3) is 2.12. The van der Waals surface area contributed by atoms with E-state index in [0.29, 0.717) is 30.1 Å². The van der Waals surface area contributed by atoms with Crippen LogP contribution in [-0.2, 0) is 9.53 Å². The molecule has 1 aromatic carbocycles. The van der Waals surface area contributed by atoms with E-state index in [1.165, 1.54) is 0 Å². The van der Waals surface area contributed by atoms with Crippen molar-refractivity contribution < 1.29 is 19.0 Å². The first-order valence-corrected chi connectivity index (χ1v) is 6.65. The van der Waals surface area contributed by atoms with Gasteiger partial charge in [0.25, 0.3) is 0 Å². The minimum atomic E-state index is -0.779. The van der Waals surface area contributed by atoms with E-state index < -0.39 is 5.92 Å². The van der Waals surface area contributed by atoms with Crippen molar-refractivity contribution in [1.82, 2.24) is 0 Å². The predicted octanol–water partition coefficient (Wildman–Crippen LogP) is 2.02. The van der Waals surface area contributed by atoms with Crippen molar-refractivity contribution in [1.29, 1.82) is 5.26 Å². The Hall–Kier alpha value is -2.06. The van der Waals surface area contributed by atoms with Crippen LogP contribution in [0.4, 0.5) is 0 Å². The minimum Gasteiger partial charge on any atom is -0.454 e. The van der Waals surface area contributed by atoms with E-state index in [9.17, 15) is 10.1 Å². The number of fused-ring (bicyclic) bond motifs is 1. The van der Waals surface area contributed by atoms with Gasteiger partial charge < -0.3 is 14.2 Å². The molecule has 1 aromatic rings. The molecule has 5 nitrogen and oxygen atoms in total. The monoisotopic (exact) mass is 273 g/mol. The van der Waals surface area contributed by atoms with Gasteiger partial charge >= 0.3 is 0 Å². The number of ketones is 1. The summed E-state index contributed by atoms with van der Waals surface area (Å²) in [5.41, 5.74) is 0.654. The van der Waals surface area contributed by atoms with Crippen LogP contribution in [0.15, 0.2) is 18.2 Å². The summed E-state index contributed by atoms with van der Waals surface area (Å²) in [6, 6.07) is 7.31. The first-order valence-electron chi connectivity index (χ1n) is 6.65. The smallest absolute Gasteiger partial charge is 0.231 e. The third-order valence-corrected chi connectivity index (χ3v) is 3.89. The van der Waals surface area contributed by atoms with Crippen LogP contribution < -0.4 is 9.47 Å². The summed E-state index contributed by atoms with van der Waals surface area (Å²) in [4.78, 5) is 12.5. The van der Waals surface area contributed by atoms with E-state index in [0.717, 1.165) is 0 Å². The molecular weight excluding hydrogens is 258 g/mol. The zero-order chi connectivity index (χ0) is 14.1. The number of carbonyl (C=O) groups is 1. The molecule has 3 unspecified atom stereocenters. The van der Waals surface area contributed by atoms with Gasteiger partial charge in [-0.15, -0.1) is 0 Å². The lowest BCUT2D eigenvalue weighted by molar-refractivity contribution is -0.124. The van der Waals surface area contributed by atoms with Gasteiger partial charge in [0.15, 0.2) is 17.3 Å². The Morgan fingerprint density at radius 3 is 2.90 bits per heavy atom. The second-order valence-electron chi connectivity index (χ2n) is 5.05. The summed E-state index contributed by atoms with van der Waals surface area (Å²) in [6.45, 7) is 2.64. The van der Waals surface area contributed by atoms with Gasteiger partial charge in [0, 0.05) is 12.5 Å². The highest BCUT2D eigenvalue weighted by Gasteiger charge is 2.36. The number of Topliss-reactive ketones (excluding diaryl/α,β-unsaturated/α-hetero) is 1. The molecule has 5 heteroatoms. The maximum absolute atomic E-state index is 12.5. The van der Waals surface area contributed by atoms with Crippen LogP contribution in [0.1, 0.15) is 24.8 Å². The maximum Gasteiger partial charge on any atom is 0.231 e. The fraction of sp³-hybridized carbons (Fsp3) is 0.467. The fourth-order valence-electron chi connectivity index (χ4n) is 2.71. The molecule has 0 N–H and O–H groups in total. The second kappa shape index (κ2) is 5.14. The minimum absolute atomic E-state index is 0.0728. The second-order valence-corrected chi connectivity index (χ2v) is 5.05. The van der Waals surface area contributed by atoms with E-state index in [1.807, 2.05) is 6.92 Å². The molecule has 0 saturated carbocycles. The SMILES string of the molecule is CC1OCCC1C(=O)C(C#N)c1ccc2c(c1)OCO2. The van der Waals surface area contributed by atoms with Crippen molar-refractivity contribution in [3.8, 4) is 17.6 Å². The van der Waals surface area contributed by atoms with Gasteiger partial charge in [0.05, 0.1) is 12.2 Å². The van der Waals surface area contributed by atoms with Crippen molar-refractivity contribution in [3.63, 3.8) is 0 Å². The first kappa shape index (κ1) is 12.9. The van der Waals surface area contributed by atoms with Gasteiger partial charge in [-0.1, -0.05) is 6.07 Å². The van der Waals surface area contributed by atoms with E-state index in [2.05, 4.69) is 6.07 Å². The van der Waals surface area contributed by atoms with Gasteiger partial charge in [0.1, 0.15) is 5.92 Å². The van der Waals surface area contributed by atoms with Gasteiger partial charge in [-0.05, 0) is 31.0 Å². The highest BCUT2D eigenvalue weighted by molar-refractivity contribution is 5.91. The van der Waals surface area contributed by atoms with E-state index in [-0.39, 0.29) is 24.6 Å². The molecule has 2 heterocycles. The number of hydrogen-bond acceptors (Lipinski definition) is 5. The van der Waals surface area contributed by atoms with Crippen LogP contribution in [0.3, 0.4) is 0 Å². The van der Waals surface area contributed by atoms with Gasteiger partial charge in [0.2, 0.25) is 6.79 Å². The van der Waals surface area contributed by atoms with E-state index in [4.69, 9.17) is 14.2 Å². The van der Waals surface area contributed by atoms with Crippen molar-refractivity contribution in [2.45, 2.75) is 25.4 Å². The molecule has 0 aromatic heterocycles. The van der Waals surface area contributed by atoms with Crippen molar-refractivity contribution in [2.75, 3.05) is 13.4 Å². The molecule has 0 radical (unpaired) electrons. The molecule has 0 spiro atoms. The average Bonchev–Trinajstić information content (AvgIpc) is 3.07. The van der Waals surface area contributed by atoms with E-state index in [1.54, 1.807) is 18.2 Å². The molecule has 1 saturated heterocycles. The molecule has 3 atom stereocenters. The highest BCUT2D eigenvalue weighted by atomic mass is 16.7. The molecule has 0 amide bonds. The van der Waals surface area contributed by atoms with Crippen LogP contribution >= 0.6 is 0 Å². The van der Waals surface area contributed by atoms with Crippen molar-refractivity contribution >= 4 is 5.78 Å². The normalized spacial score (nSPS) is 25.2. The fourth-order valence-corrected chi connectivity index (χ4v) is 2.71. The molecular formula is C15H15NO4. The molecule has 104 valence electrons. The lowest BCUT2D eigenvalue weighted by atomic mass is 9.85. The summed E-state index contributed by atoms with van der Waals surface area (Å²) >= 11 is 0. The molecule has 3 rings (SSSR count). The zero-order valence-corrected chi connectivity index (χ0v) is 11.2. The first-order chi connectivity index (χ1) is 9.70. The van der Waals surface area contributed by atoms with Crippen LogP contribution in [0.5, 0.6) is 11.5 Å². The Morgan fingerprint density at radius 1 is 1.40 bits per heavy atom. The summed E-state index contributed by atoms with van der Waals surface area (Å²) in [6.07, 6.45) is 0.565. The van der Waals surface area contributed by atoms with Crippen LogP contribution in [0.25, 0.3) is 0 Å². The average molecular weight is 273 g/mol. The molecule has 0 bridgehead atoms. The maximum atomic E-state index is 12.5. The molecule has 20 heavy (non-hydrogen) atoms. The van der Waals surface area contributed by atoms with Crippen molar-refractivity contribution in [3.05, 3.63) is 23.8 Å². The van der Waals surface area contributed by atoms with Crippen molar-refractivity contribution in [2.24, 2.45) is 5.92 Å². The number of hydrogen-bond donors (Lipinski definition) is 0. The topological polar surface area (TPSA) is 68.6 Å². The lowest BCUT2D eigenvalue weighted by Gasteiger charge is -2.16. The molecule has 1 fully saturated rings. The predicted molar refractivity (Wildman–Crippen MR) is 69.4 cm³/mol. The number of rotatable bonds is 3. The van der Waals surface area contributed by atoms with E-state index >= 15 is 0 Å². The Labute approximate surface area is 117 Å². The Kier molecular flexibility index (Phi) is 3.33. The number of benzene rings is 1. The molecule has 2 aliphatic heterocycles. The number of ether oxygens (including phenoxy) is 3. The zero-order valence-electron chi connectivity index (χ0n) is 11.2. The van der Waals surface area contributed by atoms with Crippen LogP contribution in [-0.4, -0.2) is 25.3 Å². The largest absolute Gasteiger partial charge is 0.454 e. The lowest BCUT2D eigenvalue weighted by Crippen LogP contribution is -2.26. The highest BCUT2D eigenvalue weighted by Crippen LogP contribution is 2.36. The summed E-state index contributed by atoms with van der Waals surface area (Å²) < 4.78 is 15.9. The van der Waals surface area contributed by atoms with Gasteiger partial charge in [-0.25, -0.2) is 0 Å². The van der Waals surface area contributed by atoms with Gasteiger partial charge in [-0.2, -0.15) is 5.26 Å². The standard InChI is InChI=1S/C15H15NO4/c1-9-11(4-5-18-9)15(17)12(7-16)10-2-3-13-14(6-10)20-8-19-13/h2-3,6,9,11-12H,4-5,8H2,1H3. The third-order valence-electron chi connectivity index (χ3n) is 3.89. The summed E-state index contributed by atoms with van der Waals surface area (Å²) in [7, 11) is 0. The Balaban J connectivity index is 1.86.